The van der Waals surface area contributed by atoms with Crippen LogP contribution in [-0.2, 0) is 0 Å². The highest BCUT2D eigenvalue weighted by Crippen LogP contribution is 2.17. The predicted octanol–water partition coefficient (Wildman–Crippen LogP) is 3.86. The van der Waals surface area contributed by atoms with Crippen LogP contribution < -0.4 is 10.6 Å². The zero-order chi connectivity index (χ0) is 18.5. The minimum atomic E-state index is -0.840. The number of rotatable bonds is 4. The molecule has 0 aliphatic rings. The summed E-state index contributed by atoms with van der Waals surface area (Å²) < 4.78 is 26.4. The first-order chi connectivity index (χ1) is 12.5. The summed E-state index contributed by atoms with van der Waals surface area (Å²) in [5.74, 6) is -2.70. The average Bonchev–Trinajstić information content (AvgIpc) is 2.62. The largest absolute Gasteiger partial charge is 0.322 e. The Morgan fingerprint density at radius 1 is 0.769 bits per heavy atom. The second-order valence-electron chi connectivity index (χ2n) is 5.39. The van der Waals surface area contributed by atoms with E-state index in [2.05, 4.69) is 15.6 Å². The highest BCUT2D eigenvalue weighted by molar-refractivity contribution is 6.06. The van der Waals surface area contributed by atoms with Gasteiger partial charge in [0.25, 0.3) is 11.8 Å². The number of pyridine rings is 1. The lowest BCUT2D eigenvalue weighted by Gasteiger charge is -2.09. The number of benzene rings is 2. The van der Waals surface area contributed by atoms with Gasteiger partial charge in [-0.1, -0.05) is 6.07 Å². The van der Waals surface area contributed by atoms with Crippen LogP contribution in [0.3, 0.4) is 0 Å². The Labute approximate surface area is 147 Å². The Kier molecular flexibility index (Phi) is 4.98. The molecule has 1 aromatic heterocycles. The highest BCUT2D eigenvalue weighted by atomic mass is 19.1. The van der Waals surface area contributed by atoms with Gasteiger partial charge in [0.15, 0.2) is 0 Å². The summed E-state index contributed by atoms with van der Waals surface area (Å²) >= 11 is 0. The van der Waals surface area contributed by atoms with Gasteiger partial charge in [0.1, 0.15) is 11.6 Å². The van der Waals surface area contributed by atoms with Gasteiger partial charge in [0.2, 0.25) is 0 Å². The number of carbonyl (C=O) groups excluding carboxylic acids is 2. The molecule has 2 N–H and O–H groups in total. The Morgan fingerprint density at radius 2 is 1.38 bits per heavy atom. The Bertz CT molecular complexity index is 942. The molecule has 0 aliphatic carbocycles. The normalized spacial score (nSPS) is 10.2. The zero-order valence-corrected chi connectivity index (χ0v) is 13.4. The van der Waals surface area contributed by atoms with Crippen LogP contribution in [0.4, 0.5) is 20.2 Å². The van der Waals surface area contributed by atoms with E-state index in [1.165, 1.54) is 12.3 Å². The van der Waals surface area contributed by atoms with E-state index in [4.69, 9.17) is 0 Å². The molecule has 26 heavy (non-hydrogen) atoms. The summed E-state index contributed by atoms with van der Waals surface area (Å²) in [6.45, 7) is 0. The Morgan fingerprint density at radius 3 is 1.96 bits per heavy atom. The topological polar surface area (TPSA) is 71.1 Å². The molecule has 0 radical (unpaired) electrons. The monoisotopic (exact) mass is 353 g/mol. The maximum Gasteiger partial charge on any atom is 0.257 e. The zero-order valence-electron chi connectivity index (χ0n) is 13.4. The van der Waals surface area contributed by atoms with E-state index in [-0.39, 0.29) is 11.5 Å². The number of halogens is 2. The molecular formula is C19H13F2N3O2. The first-order valence-electron chi connectivity index (χ1n) is 7.60. The van der Waals surface area contributed by atoms with Gasteiger partial charge < -0.3 is 10.6 Å². The lowest BCUT2D eigenvalue weighted by atomic mass is 10.2. The molecule has 0 bridgehead atoms. The van der Waals surface area contributed by atoms with Crippen LogP contribution in [0.2, 0.25) is 0 Å². The lowest BCUT2D eigenvalue weighted by molar-refractivity contribution is 0.101. The summed E-state index contributed by atoms with van der Waals surface area (Å²) in [7, 11) is 0. The van der Waals surface area contributed by atoms with Crippen LogP contribution in [0, 0.1) is 11.6 Å². The van der Waals surface area contributed by atoms with E-state index < -0.39 is 17.5 Å². The minimum absolute atomic E-state index is 0.146. The van der Waals surface area contributed by atoms with E-state index in [0.717, 1.165) is 12.1 Å². The summed E-state index contributed by atoms with van der Waals surface area (Å²) in [6, 6.07) is 12.2. The third-order valence-electron chi connectivity index (χ3n) is 3.43. The molecule has 0 fully saturated rings. The summed E-state index contributed by atoms with van der Waals surface area (Å²) in [5.41, 5.74) is 1.05. The van der Waals surface area contributed by atoms with Crippen LogP contribution >= 0.6 is 0 Å². The van der Waals surface area contributed by atoms with Gasteiger partial charge >= 0.3 is 0 Å². The number of anilines is 2. The van der Waals surface area contributed by atoms with Gasteiger partial charge in [-0.2, -0.15) is 0 Å². The van der Waals surface area contributed by atoms with Crippen LogP contribution in [0.15, 0.2) is 67.0 Å². The molecule has 0 saturated carbocycles. The maximum absolute atomic E-state index is 13.2. The summed E-state index contributed by atoms with van der Waals surface area (Å²) in [5, 5.41) is 5.21. The van der Waals surface area contributed by atoms with Gasteiger partial charge in [-0.3, -0.25) is 14.6 Å². The quantitative estimate of drug-likeness (QED) is 0.748. The van der Waals surface area contributed by atoms with Crippen molar-refractivity contribution in [3.8, 4) is 0 Å². The molecule has 2 amide bonds. The second-order valence-corrected chi connectivity index (χ2v) is 5.39. The van der Waals surface area contributed by atoms with Crippen LogP contribution in [-0.4, -0.2) is 16.8 Å². The molecular weight excluding hydrogens is 340 g/mol. The van der Waals surface area contributed by atoms with Gasteiger partial charge in [0.05, 0.1) is 5.56 Å². The first kappa shape index (κ1) is 17.2. The summed E-state index contributed by atoms with van der Waals surface area (Å²) in [4.78, 5) is 28.1. The number of nitrogens with zero attached hydrogens (tertiary/aromatic N) is 1. The second kappa shape index (κ2) is 7.52. The van der Waals surface area contributed by atoms with Crippen LogP contribution in [0.5, 0.6) is 0 Å². The van der Waals surface area contributed by atoms with E-state index in [1.54, 1.807) is 36.5 Å². The van der Waals surface area contributed by atoms with E-state index in [0.29, 0.717) is 23.0 Å². The first-order valence-corrected chi connectivity index (χ1v) is 7.60. The number of nitrogens with one attached hydrogen (secondary N) is 2. The molecule has 1 heterocycles. The fourth-order valence-electron chi connectivity index (χ4n) is 2.26. The molecule has 3 rings (SSSR count). The van der Waals surface area contributed by atoms with Crippen molar-refractivity contribution in [1.29, 1.82) is 0 Å². The average molecular weight is 353 g/mol. The molecule has 0 spiro atoms. The van der Waals surface area contributed by atoms with E-state index >= 15 is 0 Å². The van der Waals surface area contributed by atoms with Gasteiger partial charge in [-0.05, 0) is 42.5 Å². The molecule has 3 aromatic rings. The van der Waals surface area contributed by atoms with Crippen molar-refractivity contribution in [3.63, 3.8) is 0 Å². The predicted molar refractivity (Wildman–Crippen MR) is 92.9 cm³/mol. The standard InChI is InChI=1S/C19H13F2N3O2/c20-14-7-13(8-15(21)9-14)19(26)24-17-5-1-4-16(10-17)23-18(25)12-3-2-6-22-11-12/h1-11H,(H,23,25)(H,24,26). The molecule has 5 nitrogen and oxygen atoms in total. The molecule has 7 heteroatoms. The third-order valence-corrected chi connectivity index (χ3v) is 3.43. The molecule has 2 aromatic carbocycles. The van der Waals surface area contributed by atoms with E-state index in [1.807, 2.05) is 0 Å². The Hall–Kier alpha value is -3.61. The lowest BCUT2D eigenvalue weighted by Crippen LogP contribution is -2.14. The van der Waals surface area contributed by atoms with Crippen molar-refractivity contribution in [1.82, 2.24) is 4.98 Å². The maximum atomic E-state index is 13.2. The summed E-state index contributed by atoms with van der Waals surface area (Å²) in [6.07, 6.45) is 2.99. The number of hydrogen-bond donors (Lipinski definition) is 2. The van der Waals surface area contributed by atoms with Crippen molar-refractivity contribution >= 4 is 23.2 Å². The van der Waals surface area contributed by atoms with Gasteiger partial charge in [-0.15, -0.1) is 0 Å². The molecule has 0 unspecified atom stereocenters. The van der Waals surface area contributed by atoms with Crippen molar-refractivity contribution in [2.75, 3.05) is 10.6 Å². The molecule has 0 atom stereocenters. The van der Waals surface area contributed by atoms with Crippen LogP contribution in [0.1, 0.15) is 20.7 Å². The van der Waals surface area contributed by atoms with Gasteiger partial charge in [0, 0.05) is 35.4 Å². The smallest absolute Gasteiger partial charge is 0.257 e. The molecule has 0 aliphatic heterocycles. The fourth-order valence-corrected chi connectivity index (χ4v) is 2.26. The number of amides is 2. The molecule has 130 valence electrons. The highest BCUT2D eigenvalue weighted by Gasteiger charge is 2.11. The number of carbonyl (C=O) groups is 2. The fraction of sp³-hybridized carbons (Fsp3) is 0. The van der Waals surface area contributed by atoms with Crippen molar-refractivity contribution in [2.45, 2.75) is 0 Å². The number of hydrogen-bond acceptors (Lipinski definition) is 3. The van der Waals surface area contributed by atoms with Crippen LogP contribution in [0.25, 0.3) is 0 Å². The third kappa shape index (κ3) is 4.27. The van der Waals surface area contributed by atoms with E-state index in [9.17, 15) is 18.4 Å². The van der Waals surface area contributed by atoms with Gasteiger partial charge in [-0.25, -0.2) is 8.78 Å². The minimum Gasteiger partial charge on any atom is -0.322 e. The number of aromatic nitrogens is 1. The molecule has 0 saturated heterocycles. The Balaban J connectivity index is 1.73. The van der Waals surface area contributed by atoms with Crippen molar-refractivity contribution in [2.24, 2.45) is 0 Å². The van der Waals surface area contributed by atoms with Crippen molar-refractivity contribution < 1.29 is 18.4 Å². The SMILES string of the molecule is O=C(Nc1cccc(NC(=O)c2cc(F)cc(F)c2)c1)c1cccnc1. The van der Waals surface area contributed by atoms with Crippen molar-refractivity contribution in [3.05, 3.63) is 89.8 Å².